The largest absolute Gasteiger partial charge is 0.279 e. The van der Waals surface area contributed by atoms with Gasteiger partial charge in [0.2, 0.25) is 0 Å². The Bertz CT molecular complexity index is 274. The van der Waals surface area contributed by atoms with Crippen molar-refractivity contribution in [3.05, 3.63) is 25.5 Å². The maximum atomic E-state index is 10.6. The Morgan fingerprint density at radius 1 is 1.50 bits per heavy atom. The summed E-state index contributed by atoms with van der Waals surface area (Å²) in [6, 6.07) is 0. The molecular formula is C4H2Br2KN2O. The van der Waals surface area contributed by atoms with Gasteiger partial charge in [-0.2, -0.15) is 5.10 Å². The van der Waals surface area contributed by atoms with Gasteiger partial charge in [-0.25, -0.2) is 5.10 Å². The quantitative estimate of drug-likeness (QED) is 0.723. The number of aromatic nitrogens is 2. The Kier molecular flexibility index (Phi) is 5.95. The number of aromatic amines is 1. The van der Waals surface area contributed by atoms with Crippen molar-refractivity contribution in [3.8, 4) is 0 Å². The summed E-state index contributed by atoms with van der Waals surface area (Å²) in [4.78, 5) is 10.6. The summed E-state index contributed by atoms with van der Waals surface area (Å²) in [6.45, 7) is 0. The standard InChI is InChI=1S/C4H2Br2N2O.K/c5-2-1-7-8-4(9)3(2)6;/h1H,(H,8,9);. The first-order valence-corrected chi connectivity index (χ1v) is 3.69. The van der Waals surface area contributed by atoms with Crippen LogP contribution in [0.15, 0.2) is 19.9 Å². The number of rotatable bonds is 0. The minimum Gasteiger partial charge on any atom is -0.267 e. The summed E-state index contributed by atoms with van der Waals surface area (Å²) >= 11 is 6.17. The summed E-state index contributed by atoms with van der Waals surface area (Å²) in [6.07, 6.45) is 1.51. The Morgan fingerprint density at radius 3 is 2.50 bits per heavy atom. The molecule has 1 aromatic heterocycles. The number of hydrogen-bond acceptors (Lipinski definition) is 2. The molecule has 0 aliphatic carbocycles. The van der Waals surface area contributed by atoms with Gasteiger partial charge in [0.15, 0.2) is 0 Å². The van der Waals surface area contributed by atoms with E-state index in [4.69, 9.17) is 0 Å². The fourth-order valence-corrected chi connectivity index (χ4v) is 0.835. The number of nitrogens with zero attached hydrogens (tertiary/aromatic N) is 1. The average molecular weight is 293 g/mol. The van der Waals surface area contributed by atoms with Crippen LogP contribution in [0.25, 0.3) is 0 Å². The Labute approximate surface area is 117 Å². The van der Waals surface area contributed by atoms with Crippen molar-refractivity contribution >= 4 is 83.2 Å². The van der Waals surface area contributed by atoms with Crippen molar-refractivity contribution in [2.24, 2.45) is 0 Å². The zero-order valence-corrected chi connectivity index (χ0v) is 11.5. The molecule has 0 bridgehead atoms. The molecule has 10 heavy (non-hydrogen) atoms. The zero-order valence-electron chi connectivity index (χ0n) is 5.19. The van der Waals surface area contributed by atoms with E-state index in [1.807, 2.05) is 0 Å². The molecule has 6 heteroatoms. The van der Waals surface area contributed by atoms with Crippen molar-refractivity contribution < 1.29 is 0 Å². The van der Waals surface area contributed by atoms with Crippen molar-refractivity contribution in [2.45, 2.75) is 0 Å². The summed E-state index contributed by atoms with van der Waals surface area (Å²) in [5, 5.41) is 5.79. The van der Waals surface area contributed by atoms with Gasteiger partial charge in [-0.15, -0.1) is 0 Å². The molecule has 0 aliphatic heterocycles. The molecule has 1 N–H and O–H groups in total. The van der Waals surface area contributed by atoms with Crippen LogP contribution >= 0.6 is 31.9 Å². The molecule has 0 saturated carbocycles. The van der Waals surface area contributed by atoms with E-state index in [0.717, 1.165) is 0 Å². The summed E-state index contributed by atoms with van der Waals surface area (Å²) in [7, 11) is 0. The monoisotopic (exact) mass is 291 g/mol. The minimum absolute atomic E-state index is 0. The van der Waals surface area contributed by atoms with E-state index in [9.17, 15) is 4.79 Å². The van der Waals surface area contributed by atoms with E-state index in [0.29, 0.717) is 8.95 Å². The smallest absolute Gasteiger partial charge is 0.267 e. The third-order valence-corrected chi connectivity index (χ3v) is 2.67. The minimum atomic E-state index is -0.232. The Balaban J connectivity index is 0.000000810. The predicted molar refractivity (Wildman–Crippen MR) is 46.0 cm³/mol. The molecule has 1 aromatic rings. The second kappa shape index (κ2) is 5.18. The second-order valence-electron chi connectivity index (χ2n) is 1.36. The van der Waals surface area contributed by atoms with E-state index >= 15 is 0 Å². The molecule has 0 atom stereocenters. The molecule has 0 fully saturated rings. The predicted octanol–water partition coefficient (Wildman–Crippen LogP) is 0.914. The first kappa shape index (κ1) is 11.5. The summed E-state index contributed by atoms with van der Waals surface area (Å²) in [5.41, 5.74) is -0.232. The van der Waals surface area contributed by atoms with Crippen molar-refractivity contribution in [1.29, 1.82) is 0 Å². The van der Waals surface area contributed by atoms with E-state index in [-0.39, 0.29) is 56.9 Å². The van der Waals surface area contributed by atoms with Crippen LogP contribution < -0.4 is 5.56 Å². The summed E-state index contributed by atoms with van der Waals surface area (Å²) in [5.74, 6) is 0. The molecule has 0 aliphatic rings. The van der Waals surface area contributed by atoms with Crippen LogP contribution in [0.4, 0.5) is 0 Å². The second-order valence-corrected chi connectivity index (χ2v) is 3.01. The molecule has 1 rings (SSSR count). The van der Waals surface area contributed by atoms with Gasteiger partial charge in [0.25, 0.3) is 5.56 Å². The Morgan fingerprint density at radius 2 is 2.10 bits per heavy atom. The molecule has 0 amide bonds. The fourth-order valence-electron chi connectivity index (χ4n) is 0.362. The normalized spacial score (nSPS) is 8.60. The van der Waals surface area contributed by atoms with Crippen LogP contribution in [-0.2, 0) is 0 Å². The molecule has 0 saturated heterocycles. The number of halogens is 2. The maximum absolute atomic E-state index is 10.6. The molecule has 1 radical (unpaired) electrons. The molecule has 0 unspecified atom stereocenters. The zero-order chi connectivity index (χ0) is 6.85. The fraction of sp³-hybridized carbons (Fsp3) is 0. The number of H-pyrrole nitrogens is 1. The molecule has 1 heterocycles. The number of hydrogen-bond donors (Lipinski definition) is 1. The SMILES string of the molecule is O=c1[nH]ncc(Br)c1Br.[K]. The van der Waals surface area contributed by atoms with Crippen LogP contribution in [-0.4, -0.2) is 61.6 Å². The third-order valence-electron chi connectivity index (χ3n) is 0.753. The first-order valence-electron chi connectivity index (χ1n) is 2.10. The van der Waals surface area contributed by atoms with Crippen LogP contribution in [0, 0.1) is 0 Å². The van der Waals surface area contributed by atoms with Gasteiger partial charge >= 0.3 is 0 Å². The van der Waals surface area contributed by atoms with Crippen LogP contribution in [0.5, 0.6) is 0 Å². The number of nitrogens with one attached hydrogen (secondary N) is 1. The van der Waals surface area contributed by atoms with Crippen LogP contribution in [0.3, 0.4) is 0 Å². The van der Waals surface area contributed by atoms with Gasteiger partial charge in [0.1, 0.15) is 0 Å². The van der Waals surface area contributed by atoms with Crippen LogP contribution in [0.1, 0.15) is 0 Å². The van der Waals surface area contributed by atoms with Gasteiger partial charge in [0.05, 0.1) is 15.1 Å². The molecule has 49 valence electrons. The Hall–Kier alpha value is 1.48. The van der Waals surface area contributed by atoms with E-state index in [2.05, 4.69) is 42.1 Å². The van der Waals surface area contributed by atoms with Crippen molar-refractivity contribution in [2.75, 3.05) is 0 Å². The van der Waals surface area contributed by atoms with Gasteiger partial charge in [-0.3, -0.25) is 4.79 Å². The van der Waals surface area contributed by atoms with Gasteiger partial charge in [-0.05, 0) is 31.9 Å². The molecule has 0 spiro atoms. The first-order chi connectivity index (χ1) is 4.22. The van der Waals surface area contributed by atoms with E-state index < -0.39 is 0 Å². The van der Waals surface area contributed by atoms with Gasteiger partial charge < -0.3 is 0 Å². The topological polar surface area (TPSA) is 45.8 Å². The van der Waals surface area contributed by atoms with Crippen molar-refractivity contribution in [3.63, 3.8) is 0 Å². The van der Waals surface area contributed by atoms with Gasteiger partial charge in [0, 0.05) is 51.4 Å². The average Bonchev–Trinajstić information content (AvgIpc) is 1.83. The third kappa shape index (κ3) is 2.84. The van der Waals surface area contributed by atoms with Crippen LogP contribution in [0.2, 0.25) is 0 Å². The van der Waals surface area contributed by atoms with E-state index in [1.54, 1.807) is 0 Å². The van der Waals surface area contributed by atoms with E-state index in [1.165, 1.54) is 6.20 Å². The summed E-state index contributed by atoms with van der Waals surface area (Å²) < 4.78 is 1.13. The molecule has 3 nitrogen and oxygen atoms in total. The maximum Gasteiger partial charge on any atom is 0.279 e. The molecule has 0 aromatic carbocycles. The van der Waals surface area contributed by atoms with Gasteiger partial charge in [-0.1, -0.05) is 0 Å². The molecular weight excluding hydrogens is 291 g/mol. The van der Waals surface area contributed by atoms with Crippen molar-refractivity contribution in [1.82, 2.24) is 10.2 Å².